The number of rotatable bonds is 5. The minimum Gasteiger partial charge on any atom is -0.490 e. The number of hydrogen-bond donors (Lipinski definition) is 1. The second kappa shape index (κ2) is 6.07. The Hall–Kier alpha value is -1.90. The standard InChI is InChI=1S/C13H22N4O5/c1-4-15(5-2)8-6-9-11(16(19)20)10(7-8)14(3)13(18)12(9)17(21)22/h8-11,18H,4-7H2,1-3H3. The number of aliphatic hydroxyl groups is 1. The van der Waals surface area contributed by atoms with E-state index in [0.29, 0.717) is 12.8 Å². The van der Waals surface area contributed by atoms with Crippen molar-refractivity contribution in [2.75, 3.05) is 20.1 Å². The van der Waals surface area contributed by atoms with Gasteiger partial charge < -0.3 is 14.9 Å². The topological polar surface area (TPSA) is 113 Å². The van der Waals surface area contributed by atoms with Crippen LogP contribution in [0, 0.1) is 26.1 Å². The van der Waals surface area contributed by atoms with E-state index in [1.54, 1.807) is 0 Å². The highest BCUT2D eigenvalue weighted by Crippen LogP contribution is 2.42. The quantitative estimate of drug-likeness (QED) is 0.596. The van der Waals surface area contributed by atoms with Crippen LogP contribution < -0.4 is 0 Å². The lowest BCUT2D eigenvalue weighted by atomic mass is 9.73. The van der Waals surface area contributed by atoms with Crippen LogP contribution in [0.3, 0.4) is 0 Å². The van der Waals surface area contributed by atoms with Crippen molar-refractivity contribution < 1.29 is 15.0 Å². The number of hydrogen-bond acceptors (Lipinski definition) is 7. The molecule has 9 heteroatoms. The zero-order valence-corrected chi connectivity index (χ0v) is 13.0. The van der Waals surface area contributed by atoms with E-state index in [0.717, 1.165) is 13.1 Å². The molecule has 124 valence electrons. The molecule has 0 spiro atoms. The van der Waals surface area contributed by atoms with Crippen molar-refractivity contribution in [2.24, 2.45) is 5.92 Å². The highest BCUT2D eigenvalue weighted by molar-refractivity contribution is 5.17. The zero-order valence-electron chi connectivity index (χ0n) is 13.0. The van der Waals surface area contributed by atoms with Gasteiger partial charge >= 0.3 is 5.70 Å². The van der Waals surface area contributed by atoms with E-state index < -0.39 is 39.4 Å². The van der Waals surface area contributed by atoms with E-state index in [-0.39, 0.29) is 6.04 Å². The largest absolute Gasteiger partial charge is 0.490 e. The molecule has 0 amide bonds. The normalized spacial score (nSPS) is 31.5. The number of fused-ring (bicyclic) bond motifs is 2. The summed E-state index contributed by atoms with van der Waals surface area (Å²) >= 11 is 0. The summed E-state index contributed by atoms with van der Waals surface area (Å²) in [5.41, 5.74) is -0.419. The highest BCUT2D eigenvalue weighted by Gasteiger charge is 2.58. The summed E-state index contributed by atoms with van der Waals surface area (Å²) in [6.07, 6.45) is 0.855. The molecule has 2 rings (SSSR count). The summed E-state index contributed by atoms with van der Waals surface area (Å²) in [5, 5.41) is 32.8. The summed E-state index contributed by atoms with van der Waals surface area (Å²) in [6.45, 7) is 5.59. The summed E-state index contributed by atoms with van der Waals surface area (Å²) < 4.78 is 0. The molecule has 9 nitrogen and oxygen atoms in total. The molecular formula is C13H22N4O5. The van der Waals surface area contributed by atoms with Crippen LogP contribution in [0.25, 0.3) is 0 Å². The molecule has 2 bridgehead atoms. The maximum absolute atomic E-state index is 11.4. The van der Waals surface area contributed by atoms with Crippen molar-refractivity contribution in [3.05, 3.63) is 31.8 Å². The summed E-state index contributed by atoms with van der Waals surface area (Å²) in [6, 6.07) is -1.53. The number of likely N-dealkylation sites (N-methyl/N-ethyl adjacent to an activating group) is 1. The Balaban J connectivity index is 2.46. The lowest BCUT2D eigenvalue weighted by Gasteiger charge is -2.46. The van der Waals surface area contributed by atoms with Crippen LogP contribution in [0.5, 0.6) is 0 Å². The van der Waals surface area contributed by atoms with Gasteiger partial charge in [-0.05, 0) is 25.9 Å². The SMILES string of the molecule is CCN(CC)C1CC2C([N+](=O)[O-])=C(O)N(C)C(C1)C2[N+](=O)[O-]. The van der Waals surface area contributed by atoms with E-state index >= 15 is 0 Å². The first kappa shape index (κ1) is 16.5. The number of aliphatic hydroxyl groups excluding tert-OH is 1. The summed E-state index contributed by atoms with van der Waals surface area (Å²) in [4.78, 5) is 25.1. The Morgan fingerprint density at radius 2 is 1.86 bits per heavy atom. The fourth-order valence-corrected chi connectivity index (χ4v) is 3.92. The third kappa shape index (κ3) is 2.49. The van der Waals surface area contributed by atoms with E-state index in [1.165, 1.54) is 11.9 Å². The van der Waals surface area contributed by atoms with Crippen LogP contribution in [0.4, 0.5) is 0 Å². The molecule has 1 aliphatic carbocycles. The first-order valence-corrected chi connectivity index (χ1v) is 7.51. The van der Waals surface area contributed by atoms with E-state index in [9.17, 15) is 25.3 Å². The lowest BCUT2D eigenvalue weighted by Crippen LogP contribution is -2.61. The van der Waals surface area contributed by atoms with Gasteiger partial charge in [0.15, 0.2) is 0 Å². The molecule has 0 aromatic rings. The van der Waals surface area contributed by atoms with Gasteiger partial charge in [0.2, 0.25) is 6.04 Å². The van der Waals surface area contributed by atoms with Crippen molar-refractivity contribution in [1.29, 1.82) is 0 Å². The molecule has 4 unspecified atom stereocenters. The van der Waals surface area contributed by atoms with Gasteiger partial charge in [-0.1, -0.05) is 13.8 Å². The Morgan fingerprint density at radius 3 is 2.32 bits per heavy atom. The van der Waals surface area contributed by atoms with Gasteiger partial charge in [0.05, 0.1) is 4.92 Å². The van der Waals surface area contributed by atoms with Crippen molar-refractivity contribution in [2.45, 2.75) is 44.8 Å². The molecule has 1 saturated carbocycles. The molecule has 1 aliphatic heterocycles. The van der Waals surface area contributed by atoms with Gasteiger partial charge in [-0.25, -0.2) is 0 Å². The summed E-state index contributed by atoms with van der Waals surface area (Å²) in [7, 11) is 1.49. The predicted molar refractivity (Wildman–Crippen MR) is 78.4 cm³/mol. The van der Waals surface area contributed by atoms with Crippen LogP contribution in [-0.2, 0) is 0 Å². The van der Waals surface area contributed by atoms with Crippen LogP contribution >= 0.6 is 0 Å². The Morgan fingerprint density at radius 1 is 1.27 bits per heavy atom. The third-order valence-electron chi connectivity index (χ3n) is 5.03. The Kier molecular flexibility index (Phi) is 4.55. The Labute approximate surface area is 128 Å². The molecule has 22 heavy (non-hydrogen) atoms. The van der Waals surface area contributed by atoms with Gasteiger partial charge in [-0.3, -0.25) is 20.2 Å². The molecule has 1 heterocycles. The van der Waals surface area contributed by atoms with Crippen molar-refractivity contribution in [3.8, 4) is 0 Å². The van der Waals surface area contributed by atoms with Gasteiger partial charge in [-0.15, -0.1) is 0 Å². The first-order chi connectivity index (χ1) is 10.3. The van der Waals surface area contributed by atoms with Crippen LogP contribution in [0.15, 0.2) is 11.6 Å². The smallest absolute Gasteiger partial charge is 0.315 e. The predicted octanol–water partition coefficient (Wildman–Crippen LogP) is 1.07. The lowest BCUT2D eigenvalue weighted by molar-refractivity contribution is -0.556. The van der Waals surface area contributed by atoms with Gasteiger partial charge in [-0.2, -0.15) is 0 Å². The van der Waals surface area contributed by atoms with E-state index in [4.69, 9.17) is 0 Å². The van der Waals surface area contributed by atoms with Crippen molar-refractivity contribution >= 4 is 0 Å². The molecule has 0 aromatic carbocycles. The van der Waals surface area contributed by atoms with Gasteiger partial charge in [0, 0.05) is 18.0 Å². The molecule has 0 radical (unpaired) electrons. The average molecular weight is 314 g/mol. The third-order valence-corrected chi connectivity index (χ3v) is 5.03. The minimum absolute atomic E-state index is 0.0479. The fraction of sp³-hybridized carbons (Fsp3) is 0.846. The molecule has 0 saturated heterocycles. The highest BCUT2D eigenvalue weighted by atomic mass is 16.6. The Bertz CT molecular complexity index is 505. The van der Waals surface area contributed by atoms with Crippen molar-refractivity contribution in [1.82, 2.24) is 9.80 Å². The van der Waals surface area contributed by atoms with Crippen molar-refractivity contribution in [3.63, 3.8) is 0 Å². The first-order valence-electron chi connectivity index (χ1n) is 7.51. The van der Waals surface area contributed by atoms with E-state index in [1.807, 2.05) is 13.8 Å². The molecule has 0 aromatic heterocycles. The monoisotopic (exact) mass is 314 g/mol. The number of nitro groups is 2. The van der Waals surface area contributed by atoms with Crippen LogP contribution in [-0.4, -0.2) is 63.0 Å². The molecular weight excluding hydrogens is 292 g/mol. The second-order valence-electron chi connectivity index (χ2n) is 5.87. The molecule has 4 atom stereocenters. The molecule has 1 N–H and O–H groups in total. The maximum Gasteiger partial charge on any atom is 0.315 e. The second-order valence-corrected chi connectivity index (χ2v) is 5.87. The zero-order chi connectivity index (χ0) is 16.6. The maximum atomic E-state index is 11.4. The molecule has 1 fully saturated rings. The van der Waals surface area contributed by atoms with Gasteiger partial charge in [0.1, 0.15) is 12.0 Å². The average Bonchev–Trinajstić information content (AvgIpc) is 2.45. The number of nitrogens with zero attached hydrogens (tertiary/aromatic N) is 4. The van der Waals surface area contributed by atoms with E-state index in [2.05, 4.69) is 4.90 Å². The summed E-state index contributed by atoms with van der Waals surface area (Å²) in [5.74, 6) is -1.29. The fourth-order valence-electron chi connectivity index (χ4n) is 3.92. The van der Waals surface area contributed by atoms with Crippen LogP contribution in [0.1, 0.15) is 26.7 Å². The molecule has 2 aliphatic rings. The van der Waals surface area contributed by atoms with Gasteiger partial charge in [0.25, 0.3) is 5.88 Å². The van der Waals surface area contributed by atoms with Crippen LogP contribution in [0.2, 0.25) is 0 Å². The minimum atomic E-state index is -1.05.